The molecular weight excluding hydrogens is 523 g/mol. The van der Waals surface area contributed by atoms with E-state index in [0.717, 1.165) is 11.3 Å². The quantitative estimate of drug-likeness (QED) is 0.202. The van der Waals surface area contributed by atoms with Crippen LogP contribution in [0.15, 0.2) is 58.9 Å². The molecule has 0 aliphatic rings. The van der Waals surface area contributed by atoms with E-state index in [1.807, 2.05) is 17.5 Å². The summed E-state index contributed by atoms with van der Waals surface area (Å²) >= 11 is 2.70. The van der Waals surface area contributed by atoms with Crippen LogP contribution >= 0.6 is 23.1 Å². The zero-order valence-corrected chi connectivity index (χ0v) is 21.7. The van der Waals surface area contributed by atoms with Crippen molar-refractivity contribution in [2.75, 3.05) is 17.7 Å². The fourth-order valence-electron chi connectivity index (χ4n) is 3.68. The highest BCUT2D eigenvalue weighted by Gasteiger charge is 2.21. The normalized spacial score (nSPS) is 11.5. The van der Waals surface area contributed by atoms with E-state index in [0.29, 0.717) is 45.6 Å². The molecule has 1 unspecified atom stereocenters. The zero-order valence-electron chi connectivity index (χ0n) is 20.1. The Balaban J connectivity index is 1.55. The molecule has 0 spiro atoms. The Morgan fingerprint density at radius 2 is 1.76 bits per heavy atom. The summed E-state index contributed by atoms with van der Waals surface area (Å²) in [5, 5.41) is 44.5. The average molecular weight is 547 g/mol. The second kappa shape index (κ2) is 12.5. The minimum Gasteiger partial charge on any atom is -0.394 e. The Hall–Kier alpha value is -4.00. The van der Waals surface area contributed by atoms with E-state index in [9.17, 15) is 20.0 Å². The van der Waals surface area contributed by atoms with Crippen LogP contribution in [0.25, 0.3) is 11.1 Å². The van der Waals surface area contributed by atoms with Crippen LogP contribution in [0.4, 0.5) is 21.0 Å². The molecule has 4 aromatic rings. The van der Waals surface area contributed by atoms with E-state index >= 15 is 0 Å². The Bertz CT molecular complexity index is 1490. The third-order valence-corrected chi connectivity index (χ3v) is 7.45. The first kappa shape index (κ1) is 27.0. The molecular formula is C27H23FN6O2S2. The maximum absolute atomic E-state index is 13.1. The Morgan fingerprint density at radius 1 is 1.05 bits per heavy atom. The molecule has 0 saturated carbocycles. The number of halogens is 1. The van der Waals surface area contributed by atoms with Gasteiger partial charge in [0.05, 0.1) is 24.0 Å². The predicted molar refractivity (Wildman–Crippen MR) is 146 cm³/mol. The third kappa shape index (κ3) is 6.46. The maximum atomic E-state index is 13.1. The molecule has 192 valence electrons. The molecule has 2 heterocycles. The lowest BCUT2D eigenvalue weighted by Gasteiger charge is -2.13. The Labute approximate surface area is 227 Å². The van der Waals surface area contributed by atoms with Crippen LogP contribution in [0.5, 0.6) is 0 Å². The van der Waals surface area contributed by atoms with E-state index in [1.54, 1.807) is 24.3 Å². The number of hydrogen-bond acceptors (Lipinski definition) is 10. The van der Waals surface area contributed by atoms with Gasteiger partial charge in [0.25, 0.3) is 0 Å². The number of aryl methyl sites for hydroxylation is 1. The molecule has 8 nitrogen and oxygen atoms in total. The highest BCUT2D eigenvalue weighted by atomic mass is 32.2. The second-order valence-electron chi connectivity index (χ2n) is 8.29. The number of hydrogen-bond donors (Lipinski definition) is 4. The van der Waals surface area contributed by atoms with Gasteiger partial charge in [0.15, 0.2) is 5.13 Å². The highest BCUT2D eigenvalue weighted by Crippen LogP contribution is 2.37. The van der Waals surface area contributed by atoms with Gasteiger partial charge >= 0.3 is 0 Å². The first-order valence-corrected chi connectivity index (χ1v) is 13.4. The van der Waals surface area contributed by atoms with Gasteiger partial charge in [-0.3, -0.25) is 0 Å². The molecule has 4 rings (SSSR count). The van der Waals surface area contributed by atoms with E-state index < -0.39 is 6.10 Å². The average Bonchev–Trinajstić information content (AvgIpc) is 3.38. The lowest BCUT2D eigenvalue weighted by molar-refractivity contribution is 0.0886. The number of thioether (sulfide) groups is 1. The summed E-state index contributed by atoms with van der Waals surface area (Å²) in [5.41, 5.74) is 10.0. The molecule has 11 heteroatoms. The van der Waals surface area contributed by atoms with Gasteiger partial charge in [0.1, 0.15) is 34.4 Å². The molecule has 5 N–H and O–H groups in total. The van der Waals surface area contributed by atoms with Crippen LogP contribution in [0.1, 0.15) is 28.8 Å². The minimum absolute atomic E-state index is 0.0380. The molecule has 38 heavy (non-hydrogen) atoms. The summed E-state index contributed by atoms with van der Waals surface area (Å²) in [4.78, 5) is 8.89. The molecule has 0 amide bonds. The smallest absolute Gasteiger partial charge is 0.187 e. The van der Waals surface area contributed by atoms with Crippen molar-refractivity contribution in [3.8, 4) is 23.3 Å². The number of aromatic nitrogens is 2. The van der Waals surface area contributed by atoms with E-state index in [4.69, 9.17) is 10.8 Å². The van der Waals surface area contributed by atoms with E-state index in [-0.39, 0.29) is 29.4 Å². The fourth-order valence-corrected chi connectivity index (χ4v) is 5.41. The molecule has 2 aromatic carbocycles. The van der Waals surface area contributed by atoms with Gasteiger partial charge in [-0.05, 0) is 48.2 Å². The lowest BCUT2D eigenvalue weighted by atomic mass is 9.95. The number of rotatable bonds is 10. The number of nitrogens with one attached hydrogen (secondary N) is 1. The van der Waals surface area contributed by atoms with Crippen molar-refractivity contribution in [1.29, 1.82) is 10.5 Å². The molecule has 0 bridgehead atoms. The number of nitrogen functional groups attached to an aromatic ring is 1. The Kier molecular flexibility index (Phi) is 8.89. The number of nitrogens with two attached hydrogens (primary N) is 1. The summed E-state index contributed by atoms with van der Waals surface area (Å²) in [6.07, 6.45) is 0.213. The highest BCUT2D eigenvalue weighted by molar-refractivity contribution is 7.98. The fraction of sp³-hybridized carbons (Fsp3) is 0.185. The van der Waals surface area contributed by atoms with Crippen LogP contribution in [0.2, 0.25) is 0 Å². The topological polar surface area (TPSA) is 152 Å². The zero-order chi connectivity index (χ0) is 27.1. The number of anilines is 3. The first-order chi connectivity index (χ1) is 18.4. The van der Waals surface area contributed by atoms with Gasteiger partial charge in [0, 0.05) is 22.4 Å². The van der Waals surface area contributed by atoms with E-state index in [1.165, 1.54) is 35.2 Å². The van der Waals surface area contributed by atoms with Crippen molar-refractivity contribution < 1.29 is 14.6 Å². The molecule has 2 aromatic heterocycles. The van der Waals surface area contributed by atoms with Crippen LogP contribution in [0.3, 0.4) is 0 Å². The minimum atomic E-state index is -0.780. The Morgan fingerprint density at radius 3 is 2.42 bits per heavy atom. The molecule has 0 saturated heterocycles. The SMILES string of the molecule is N#Cc1c(N)nc(SCc2csc(Nc3ccc(F)cc3)n2)c(C#N)c1-c1ccc(CCC(O)CO)cc1. The summed E-state index contributed by atoms with van der Waals surface area (Å²) in [6.45, 7) is -0.293. The molecule has 1 atom stereocenters. The van der Waals surface area contributed by atoms with Gasteiger partial charge in [-0.25, -0.2) is 14.4 Å². The van der Waals surface area contributed by atoms with Crippen molar-refractivity contribution in [3.05, 3.63) is 82.1 Å². The van der Waals surface area contributed by atoms with Crippen LogP contribution in [-0.4, -0.2) is 32.9 Å². The molecule has 0 fully saturated rings. The standard InChI is InChI=1S/C27H23FN6O2S2/c28-18-6-8-19(9-7-18)32-27-33-20(15-38-27)14-37-26-23(12-30)24(22(11-29)25(31)34-26)17-4-1-16(2-5-17)3-10-21(36)13-35/h1-2,4-9,15,21,35-36H,3,10,13-14H2,(H2,31,34)(H,32,33). The third-order valence-electron chi connectivity index (χ3n) is 5.64. The summed E-state index contributed by atoms with van der Waals surface area (Å²) in [5.74, 6) is 0.138. The van der Waals surface area contributed by atoms with Gasteiger partial charge in [-0.1, -0.05) is 36.0 Å². The number of benzene rings is 2. The second-order valence-corrected chi connectivity index (χ2v) is 10.1. The summed E-state index contributed by atoms with van der Waals surface area (Å²) < 4.78 is 13.1. The summed E-state index contributed by atoms with van der Waals surface area (Å²) in [6, 6.07) is 17.6. The van der Waals surface area contributed by atoms with Crippen molar-refractivity contribution in [1.82, 2.24) is 9.97 Å². The van der Waals surface area contributed by atoms with Crippen molar-refractivity contribution in [2.45, 2.75) is 29.7 Å². The number of nitrogens with zero attached hydrogens (tertiary/aromatic N) is 4. The predicted octanol–water partition coefficient (Wildman–Crippen LogP) is 4.99. The molecule has 0 aliphatic carbocycles. The number of nitriles is 2. The first-order valence-electron chi connectivity index (χ1n) is 11.5. The van der Waals surface area contributed by atoms with Crippen LogP contribution < -0.4 is 11.1 Å². The van der Waals surface area contributed by atoms with Gasteiger partial charge < -0.3 is 21.3 Å². The van der Waals surface area contributed by atoms with Crippen molar-refractivity contribution in [3.63, 3.8) is 0 Å². The number of pyridine rings is 1. The monoisotopic (exact) mass is 546 g/mol. The number of thiazole rings is 1. The van der Waals surface area contributed by atoms with Crippen molar-refractivity contribution >= 4 is 39.7 Å². The van der Waals surface area contributed by atoms with Gasteiger partial charge in [0.2, 0.25) is 0 Å². The number of aliphatic hydroxyl groups is 2. The van der Waals surface area contributed by atoms with Crippen LogP contribution in [-0.2, 0) is 12.2 Å². The number of aliphatic hydroxyl groups excluding tert-OH is 2. The van der Waals surface area contributed by atoms with Gasteiger partial charge in [-0.2, -0.15) is 10.5 Å². The van der Waals surface area contributed by atoms with E-state index in [2.05, 4.69) is 27.4 Å². The van der Waals surface area contributed by atoms with Crippen molar-refractivity contribution in [2.24, 2.45) is 0 Å². The van der Waals surface area contributed by atoms with Crippen LogP contribution in [0, 0.1) is 28.5 Å². The van der Waals surface area contributed by atoms with Gasteiger partial charge in [-0.15, -0.1) is 11.3 Å². The largest absolute Gasteiger partial charge is 0.394 e. The maximum Gasteiger partial charge on any atom is 0.187 e. The summed E-state index contributed by atoms with van der Waals surface area (Å²) in [7, 11) is 0. The lowest BCUT2D eigenvalue weighted by Crippen LogP contribution is -2.12. The molecule has 0 aliphatic heterocycles. The molecule has 0 radical (unpaired) electrons.